The molecule has 122 valence electrons. The van der Waals surface area contributed by atoms with Gasteiger partial charge >= 0.3 is 5.69 Å². The molecule has 3 unspecified atom stereocenters. The molecule has 0 spiro atoms. The monoisotopic (exact) mass is 308 g/mol. The van der Waals surface area contributed by atoms with Gasteiger partial charge in [0, 0.05) is 13.3 Å². The number of aromatic amines is 2. The first-order chi connectivity index (χ1) is 9.74. The van der Waals surface area contributed by atoms with Gasteiger partial charge in [-0.05, 0) is 13.3 Å². The van der Waals surface area contributed by atoms with Crippen LogP contribution in [0.2, 0.25) is 0 Å². The average Bonchev–Trinajstić information content (AvgIpc) is 2.44. The molecule has 9 heteroatoms. The number of methoxy groups -OCH3 is 1. The Hall–Kier alpha value is -1.55. The fourth-order valence-electron chi connectivity index (χ4n) is 1.45. The minimum atomic E-state index is -1.14. The summed E-state index contributed by atoms with van der Waals surface area (Å²) in [6.07, 6.45) is -2.23. The Morgan fingerprint density at radius 3 is 2.19 bits per heavy atom. The van der Waals surface area contributed by atoms with Crippen molar-refractivity contribution < 1.29 is 24.4 Å². The molecule has 1 aromatic rings. The standard InChI is InChI=1S/C8H18O4.C4H3FN2O2/c1-4-6(12-3)8(11)7(10)5(2)9;5-2-1-6-4(9)7-3(2)8/h5-11H,4H2,1-3H3;1H,(H2,6,7,8,9)/t5-,6?,7?,8?;/m0./s1. The van der Waals surface area contributed by atoms with E-state index in [1.54, 1.807) is 4.98 Å². The van der Waals surface area contributed by atoms with Crippen LogP contribution in [0.25, 0.3) is 0 Å². The summed E-state index contributed by atoms with van der Waals surface area (Å²) in [6, 6.07) is 0. The second-order valence-corrected chi connectivity index (χ2v) is 4.32. The maximum atomic E-state index is 12.0. The van der Waals surface area contributed by atoms with E-state index in [9.17, 15) is 24.2 Å². The molecule has 5 N–H and O–H groups in total. The van der Waals surface area contributed by atoms with Crippen LogP contribution in [-0.2, 0) is 4.74 Å². The molecule has 8 nitrogen and oxygen atoms in total. The predicted molar refractivity (Wildman–Crippen MR) is 72.4 cm³/mol. The van der Waals surface area contributed by atoms with Crippen LogP contribution in [0.3, 0.4) is 0 Å². The van der Waals surface area contributed by atoms with Crippen molar-refractivity contribution in [1.29, 1.82) is 0 Å². The zero-order valence-electron chi connectivity index (χ0n) is 12.0. The molecule has 0 amide bonds. The van der Waals surface area contributed by atoms with Gasteiger partial charge in [-0.15, -0.1) is 0 Å². The number of hydrogen-bond acceptors (Lipinski definition) is 6. The maximum absolute atomic E-state index is 12.0. The van der Waals surface area contributed by atoms with Crippen LogP contribution in [0.5, 0.6) is 0 Å². The second kappa shape index (κ2) is 9.40. The third kappa shape index (κ3) is 6.63. The smallest absolute Gasteiger partial charge is 0.325 e. The molecule has 0 saturated carbocycles. The van der Waals surface area contributed by atoms with Crippen LogP contribution in [-0.4, -0.2) is 56.8 Å². The van der Waals surface area contributed by atoms with E-state index in [0.717, 1.165) is 0 Å². The SMILES string of the molecule is CCC(OC)C(O)C(O)[C@H](C)O.O=c1[nH]cc(F)c(=O)[nH]1. The van der Waals surface area contributed by atoms with Gasteiger partial charge in [0.05, 0.1) is 12.2 Å². The third-order valence-corrected chi connectivity index (χ3v) is 2.70. The van der Waals surface area contributed by atoms with Crippen LogP contribution in [0, 0.1) is 5.82 Å². The first-order valence-corrected chi connectivity index (χ1v) is 6.29. The van der Waals surface area contributed by atoms with Gasteiger partial charge < -0.3 is 25.0 Å². The van der Waals surface area contributed by atoms with Crippen molar-refractivity contribution in [1.82, 2.24) is 9.97 Å². The Morgan fingerprint density at radius 2 is 1.86 bits per heavy atom. The van der Waals surface area contributed by atoms with Gasteiger partial charge in [0.1, 0.15) is 12.2 Å². The molecular weight excluding hydrogens is 287 g/mol. The maximum Gasteiger partial charge on any atom is 0.325 e. The summed E-state index contributed by atoms with van der Waals surface area (Å²) in [6.45, 7) is 3.27. The number of aliphatic hydroxyl groups excluding tert-OH is 3. The van der Waals surface area contributed by atoms with Crippen molar-refractivity contribution in [2.75, 3.05) is 7.11 Å². The molecule has 1 aromatic heterocycles. The normalized spacial score (nSPS) is 16.3. The van der Waals surface area contributed by atoms with Crippen molar-refractivity contribution in [2.45, 2.75) is 44.7 Å². The van der Waals surface area contributed by atoms with Crippen LogP contribution in [0.4, 0.5) is 4.39 Å². The van der Waals surface area contributed by atoms with Gasteiger partial charge in [0.2, 0.25) is 5.82 Å². The number of aromatic nitrogens is 2. The minimum Gasteiger partial charge on any atom is -0.391 e. The number of H-pyrrole nitrogens is 2. The van der Waals surface area contributed by atoms with Crippen molar-refractivity contribution in [3.63, 3.8) is 0 Å². The van der Waals surface area contributed by atoms with Gasteiger partial charge in [-0.1, -0.05) is 6.92 Å². The first kappa shape index (κ1) is 19.4. The van der Waals surface area contributed by atoms with E-state index < -0.39 is 41.5 Å². The molecule has 0 aliphatic carbocycles. The molecular formula is C12H21FN2O6. The number of halogens is 1. The van der Waals surface area contributed by atoms with E-state index in [0.29, 0.717) is 12.6 Å². The largest absolute Gasteiger partial charge is 0.391 e. The Balaban J connectivity index is 0.000000394. The Labute approximate surface area is 120 Å². The lowest BCUT2D eigenvalue weighted by Gasteiger charge is -2.26. The fourth-order valence-corrected chi connectivity index (χ4v) is 1.45. The lowest BCUT2D eigenvalue weighted by Crippen LogP contribution is -2.43. The zero-order valence-corrected chi connectivity index (χ0v) is 12.0. The lowest BCUT2D eigenvalue weighted by molar-refractivity contribution is -0.110. The van der Waals surface area contributed by atoms with Gasteiger partial charge in [-0.2, -0.15) is 4.39 Å². The fraction of sp³-hybridized carbons (Fsp3) is 0.667. The van der Waals surface area contributed by atoms with Gasteiger partial charge in [0.25, 0.3) is 5.56 Å². The highest BCUT2D eigenvalue weighted by molar-refractivity contribution is 4.83. The topological polar surface area (TPSA) is 136 Å². The van der Waals surface area contributed by atoms with Crippen LogP contribution in [0.1, 0.15) is 20.3 Å². The molecule has 0 aromatic carbocycles. The average molecular weight is 308 g/mol. The minimum absolute atomic E-state index is 0.422. The number of rotatable bonds is 5. The van der Waals surface area contributed by atoms with Gasteiger partial charge in [-0.25, -0.2) is 4.79 Å². The quantitative estimate of drug-likeness (QED) is 0.459. The van der Waals surface area contributed by atoms with Gasteiger partial charge in [0.15, 0.2) is 0 Å². The molecule has 0 aliphatic heterocycles. The van der Waals surface area contributed by atoms with Crippen molar-refractivity contribution in [2.24, 2.45) is 0 Å². The van der Waals surface area contributed by atoms with Crippen LogP contribution < -0.4 is 11.2 Å². The Bertz CT molecular complexity index is 509. The van der Waals surface area contributed by atoms with Crippen LogP contribution >= 0.6 is 0 Å². The van der Waals surface area contributed by atoms with Gasteiger partial charge in [-0.3, -0.25) is 9.78 Å². The lowest BCUT2D eigenvalue weighted by atomic mass is 10.0. The van der Waals surface area contributed by atoms with E-state index in [2.05, 4.69) is 0 Å². The third-order valence-electron chi connectivity index (χ3n) is 2.70. The Morgan fingerprint density at radius 1 is 1.29 bits per heavy atom. The molecule has 21 heavy (non-hydrogen) atoms. The summed E-state index contributed by atoms with van der Waals surface area (Å²) in [5.41, 5.74) is -1.71. The number of nitrogens with one attached hydrogen (secondary N) is 2. The summed E-state index contributed by atoms with van der Waals surface area (Å²) in [7, 11) is 1.46. The second-order valence-electron chi connectivity index (χ2n) is 4.32. The number of hydrogen-bond donors (Lipinski definition) is 5. The van der Waals surface area contributed by atoms with Crippen LogP contribution in [0.15, 0.2) is 15.8 Å². The van der Waals surface area contributed by atoms with E-state index in [1.165, 1.54) is 14.0 Å². The van der Waals surface area contributed by atoms with Crippen molar-refractivity contribution >= 4 is 0 Å². The molecule has 0 aliphatic rings. The summed E-state index contributed by atoms with van der Waals surface area (Å²) in [5.74, 6) is -0.991. The van der Waals surface area contributed by atoms with Crippen molar-refractivity contribution in [3.05, 3.63) is 32.9 Å². The highest BCUT2D eigenvalue weighted by Gasteiger charge is 2.27. The molecule has 0 radical (unpaired) electrons. The highest BCUT2D eigenvalue weighted by Crippen LogP contribution is 2.09. The molecule has 0 bridgehead atoms. The first-order valence-electron chi connectivity index (χ1n) is 6.29. The van der Waals surface area contributed by atoms with Crippen molar-refractivity contribution in [3.8, 4) is 0 Å². The highest BCUT2D eigenvalue weighted by atomic mass is 19.1. The summed E-state index contributed by atoms with van der Waals surface area (Å²) >= 11 is 0. The summed E-state index contributed by atoms with van der Waals surface area (Å²) in [4.78, 5) is 24.0. The number of ether oxygens (including phenoxy) is 1. The van der Waals surface area contributed by atoms with E-state index >= 15 is 0 Å². The van der Waals surface area contributed by atoms with E-state index in [-0.39, 0.29) is 0 Å². The number of aliphatic hydroxyl groups is 3. The molecule has 0 saturated heterocycles. The summed E-state index contributed by atoms with van der Waals surface area (Å²) in [5, 5.41) is 27.6. The predicted octanol–water partition coefficient (Wildman–Crippen LogP) is -1.28. The molecule has 0 fully saturated rings. The molecule has 1 rings (SSSR count). The van der Waals surface area contributed by atoms with E-state index in [4.69, 9.17) is 9.84 Å². The zero-order chi connectivity index (χ0) is 16.6. The summed E-state index contributed by atoms with van der Waals surface area (Å²) < 4.78 is 16.9. The molecule has 1 heterocycles. The molecule has 4 atom stereocenters. The Kier molecular flexibility index (Phi) is 8.70. The van der Waals surface area contributed by atoms with E-state index in [1.807, 2.05) is 11.9 Å².